The molecule has 0 atom stereocenters. The summed E-state index contributed by atoms with van der Waals surface area (Å²) in [7, 11) is 0. The van der Waals surface area contributed by atoms with E-state index in [1.807, 2.05) is 9.47 Å². The number of aryl methyl sites for hydroxylation is 2. The number of hydrogen-bond donors (Lipinski definition) is 1. The maximum absolute atomic E-state index is 12.8. The summed E-state index contributed by atoms with van der Waals surface area (Å²) in [5, 5.41) is 10.8. The van der Waals surface area contributed by atoms with Crippen molar-refractivity contribution >= 4 is 51.0 Å². The molecular weight excluding hydrogens is 488 g/mol. The molecule has 3 aromatic heterocycles. The third-order valence-corrected chi connectivity index (χ3v) is 9.29. The monoisotopic (exact) mass is 516 g/mol. The Balaban J connectivity index is 1.28. The minimum absolute atomic E-state index is 0.0491. The minimum Gasteiger partial charge on any atom is -0.342 e. The van der Waals surface area contributed by atoms with Gasteiger partial charge < -0.3 is 14.5 Å². The quantitative estimate of drug-likeness (QED) is 0.274. The molecule has 1 aliphatic heterocycles. The van der Waals surface area contributed by atoms with Crippen molar-refractivity contribution < 1.29 is 4.79 Å². The Morgan fingerprint density at radius 2 is 1.94 bits per heavy atom. The molecule has 1 N–H and O–H groups in total. The van der Waals surface area contributed by atoms with Crippen LogP contribution in [0.3, 0.4) is 0 Å². The molecule has 0 saturated carbocycles. The Kier molecular flexibility index (Phi) is 7.40. The number of piperidine rings is 1. The zero-order valence-electron chi connectivity index (χ0n) is 19.0. The fourth-order valence-electron chi connectivity index (χ4n) is 4.55. The lowest BCUT2D eigenvalue weighted by Gasteiger charge is -2.26. The molecule has 5 rings (SSSR count). The van der Waals surface area contributed by atoms with Crippen molar-refractivity contribution in [1.29, 1.82) is 0 Å². The van der Waals surface area contributed by atoms with Crippen molar-refractivity contribution in [3.63, 3.8) is 0 Å². The highest BCUT2D eigenvalue weighted by atomic mass is 32.2. The topological polar surface area (TPSA) is 96.8 Å². The van der Waals surface area contributed by atoms with E-state index in [0.29, 0.717) is 28.4 Å². The van der Waals surface area contributed by atoms with Gasteiger partial charge in [-0.25, -0.2) is 4.98 Å². The Bertz CT molecular complexity index is 1260. The summed E-state index contributed by atoms with van der Waals surface area (Å²) in [6.45, 7) is 6.12. The summed E-state index contributed by atoms with van der Waals surface area (Å²) in [5.41, 5.74) is 1.15. The molecule has 0 unspecified atom stereocenters. The number of thioether (sulfide) groups is 2. The van der Waals surface area contributed by atoms with E-state index in [1.165, 1.54) is 46.8 Å². The number of aromatic nitrogens is 5. The van der Waals surface area contributed by atoms with Gasteiger partial charge in [-0.1, -0.05) is 29.6 Å². The van der Waals surface area contributed by atoms with E-state index >= 15 is 0 Å². The van der Waals surface area contributed by atoms with Gasteiger partial charge in [0.2, 0.25) is 5.91 Å². The SMILES string of the molecule is C=CCn1c(CSc2nc3sc4c(c3c(=O)[nH]2)CCCC4)nnc1SCC(=O)N1CCCCC1. The summed E-state index contributed by atoms with van der Waals surface area (Å²) in [6, 6.07) is 0. The Morgan fingerprint density at radius 1 is 1.12 bits per heavy atom. The molecule has 0 bridgehead atoms. The molecule has 11 heteroatoms. The second kappa shape index (κ2) is 10.7. The summed E-state index contributed by atoms with van der Waals surface area (Å²) in [4.78, 5) is 37.2. The van der Waals surface area contributed by atoms with Crippen molar-refractivity contribution in [2.75, 3.05) is 18.8 Å². The number of fused-ring (bicyclic) bond motifs is 3. The van der Waals surface area contributed by atoms with E-state index < -0.39 is 0 Å². The zero-order valence-corrected chi connectivity index (χ0v) is 21.5. The minimum atomic E-state index is -0.0491. The highest BCUT2D eigenvalue weighted by molar-refractivity contribution is 7.99. The van der Waals surface area contributed by atoms with Crippen LogP contribution < -0.4 is 5.56 Å². The van der Waals surface area contributed by atoms with Gasteiger partial charge in [0.05, 0.1) is 16.9 Å². The van der Waals surface area contributed by atoms with Crippen molar-refractivity contribution in [2.45, 2.75) is 67.6 Å². The predicted octanol–water partition coefficient (Wildman–Crippen LogP) is 4.04. The van der Waals surface area contributed by atoms with Gasteiger partial charge in [-0.3, -0.25) is 9.59 Å². The summed E-state index contributed by atoms with van der Waals surface area (Å²) in [5.74, 6) is 1.80. The molecule has 0 radical (unpaired) electrons. The second-order valence-corrected chi connectivity index (χ2v) is 11.6. The number of thiophene rings is 1. The highest BCUT2D eigenvalue weighted by Crippen LogP contribution is 2.34. The van der Waals surface area contributed by atoms with Crippen LogP contribution in [0.15, 0.2) is 27.8 Å². The van der Waals surface area contributed by atoms with E-state index in [4.69, 9.17) is 4.98 Å². The van der Waals surface area contributed by atoms with Crippen LogP contribution in [0.1, 0.15) is 48.4 Å². The standard InChI is InChI=1S/C23H28N6O2S3/c1-2-10-29-17(26-27-23(29)33-14-18(30)28-11-6-3-7-12-28)13-32-22-24-20(31)19-15-8-4-5-9-16(15)34-21(19)25-22/h2H,1,3-14H2,(H,24,25,31). The van der Waals surface area contributed by atoms with Crippen molar-refractivity contribution in [3.05, 3.63) is 39.3 Å². The van der Waals surface area contributed by atoms with Crippen LogP contribution in [0.2, 0.25) is 0 Å². The number of H-pyrrole nitrogens is 1. The predicted molar refractivity (Wildman–Crippen MR) is 138 cm³/mol. The first kappa shape index (κ1) is 23.6. The molecule has 3 aromatic rings. The van der Waals surface area contributed by atoms with Gasteiger partial charge >= 0.3 is 0 Å². The summed E-state index contributed by atoms with van der Waals surface area (Å²) in [6.07, 6.45) is 9.51. The molecule has 34 heavy (non-hydrogen) atoms. The number of nitrogens with zero attached hydrogens (tertiary/aromatic N) is 5. The highest BCUT2D eigenvalue weighted by Gasteiger charge is 2.21. The molecule has 1 fully saturated rings. The van der Waals surface area contributed by atoms with Crippen molar-refractivity contribution in [2.24, 2.45) is 0 Å². The molecule has 180 valence electrons. The van der Waals surface area contributed by atoms with Crippen molar-refractivity contribution in [1.82, 2.24) is 29.6 Å². The summed E-state index contributed by atoms with van der Waals surface area (Å²) >= 11 is 4.52. The van der Waals surface area contributed by atoms with Crippen molar-refractivity contribution in [3.8, 4) is 0 Å². The molecule has 4 heterocycles. The molecule has 1 aliphatic carbocycles. The molecule has 1 amide bonds. The van der Waals surface area contributed by atoms with Crippen LogP contribution in [-0.4, -0.2) is 54.4 Å². The van der Waals surface area contributed by atoms with Gasteiger partial charge in [0.1, 0.15) is 10.7 Å². The number of rotatable bonds is 8. The van der Waals surface area contributed by atoms with Crippen LogP contribution in [0.4, 0.5) is 0 Å². The first-order chi connectivity index (χ1) is 16.6. The fourth-order valence-corrected chi connectivity index (χ4v) is 7.54. The molecule has 8 nitrogen and oxygen atoms in total. The maximum atomic E-state index is 12.8. The third kappa shape index (κ3) is 4.96. The average molecular weight is 517 g/mol. The van der Waals surface area contributed by atoms with Gasteiger partial charge in [-0.2, -0.15) is 0 Å². The Hall–Kier alpha value is -2.11. The molecular formula is C23H28N6O2S3. The number of amides is 1. The smallest absolute Gasteiger partial charge is 0.260 e. The third-order valence-electron chi connectivity index (χ3n) is 6.28. The van der Waals surface area contributed by atoms with E-state index in [1.54, 1.807) is 17.4 Å². The van der Waals surface area contributed by atoms with Crippen LogP contribution in [0, 0.1) is 0 Å². The fraction of sp³-hybridized carbons (Fsp3) is 0.522. The van der Waals surface area contributed by atoms with Crippen LogP contribution in [0.25, 0.3) is 10.2 Å². The number of allylic oxidation sites excluding steroid dienone is 1. The Labute approximate surface area is 210 Å². The van der Waals surface area contributed by atoms with Gasteiger partial charge in [0.15, 0.2) is 10.3 Å². The first-order valence-electron chi connectivity index (χ1n) is 11.7. The van der Waals surface area contributed by atoms with Crippen LogP contribution >= 0.6 is 34.9 Å². The number of nitrogens with one attached hydrogen (secondary N) is 1. The zero-order chi connectivity index (χ0) is 23.5. The van der Waals surface area contributed by atoms with E-state index in [0.717, 1.165) is 61.2 Å². The lowest BCUT2D eigenvalue weighted by Crippen LogP contribution is -2.36. The maximum Gasteiger partial charge on any atom is 0.260 e. The number of carbonyl (C=O) groups excluding carboxylic acids is 1. The molecule has 1 saturated heterocycles. The number of carbonyl (C=O) groups is 1. The molecule has 0 spiro atoms. The van der Waals surface area contributed by atoms with Gasteiger partial charge in [0, 0.05) is 24.5 Å². The molecule has 2 aliphatic rings. The lowest BCUT2D eigenvalue weighted by molar-refractivity contribution is -0.129. The van der Waals surface area contributed by atoms with E-state index in [2.05, 4.69) is 21.8 Å². The largest absolute Gasteiger partial charge is 0.342 e. The average Bonchev–Trinajstić information content (AvgIpc) is 3.43. The van der Waals surface area contributed by atoms with Gasteiger partial charge in [0.25, 0.3) is 5.56 Å². The lowest BCUT2D eigenvalue weighted by atomic mass is 9.97. The number of likely N-dealkylation sites (tertiary alicyclic amines) is 1. The van der Waals surface area contributed by atoms with Crippen LogP contribution in [0.5, 0.6) is 0 Å². The number of hydrogen-bond acceptors (Lipinski definition) is 8. The van der Waals surface area contributed by atoms with Gasteiger partial charge in [-0.05, 0) is 50.5 Å². The normalized spacial score (nSPS) is 16.1. The van der Waals surface area contributed by atoms with Crippen LogP contribution in [-0.2, 0) is 29.9 Å². The first-order valence-corrected chi connectivity index (χ1v) is 14.5. The van der Waals surface area contributed by atoms with Gasteiger partial charge in [-0.15, -0.1) is 28.1 Å². The summed E-state index contributed by atoms with van der Waals surface area (Å²) < 4.78 is 1.98. The van der Waals surface area contributed by atoms with E-state index in [-0.39, 0.29) is 11.5 Å². The van der Waals surface area contributed by atoms with E-state index in [9.17, 15) is 9.59 Å². The number of aromatic amines is 1. The Morgan fingerprint density at radius 3 is 2.76 bits per heavy atom. The molecule has 0 aromatic carbocycles. The second-order valence-electron chi connectivity index (χ2n) is 8.58.